The average molecular weight is 271 g/mol. The van der Waals surface area contributed by atoms with E-state index in [1.165, 1.54) is 31.2 Å². The molecule has 0 bridgehead atoms. The van der Waals surface area contributed by atoms with Crippen LogP contribution < -0.4 is 0 Å². The Morgan fingerprint density at radius 2 is 1.75 bits per heavy atom. The summed E-state index contributed by atoms with van der Waals surface area (Å²) in [6.45, 7) is 2.24. The van der Waals surface area contributed by atoms with E-state index >= 15 is 0 Å². The molecule has 108 valence electrons. The van der Waals surface area contributed by atoms with Gasteiger partial charge in [-0.3, -0.25) is 9.69 Å². The van der Waals surface area contributed by atoms with E-state index in [1.54, 1.807) is 0 Å². The first-order valence-electron chi connectivity index (χ1n) is 8.13. The Morgan fingerprint density at radius 1 is 1.00 bits per heavy atom. The molecule has 2 heteroatoms. The molecule has 0 N–H and O–H groups in total. The molecule has 0 spiro atoms. The zero-order chi connectivity index (χ0) is 13.8. The van der Waals surface area contributed by atoms with Gasteiger partial charge in [-0.15, -0.1) is 0 Å². The van der Waals surface area contributed by atoms with E-state index in [-0.39, 0.29) is 6.04 Å². The first kappa shape index (κ1) is 13.8. The van der Waals surface area contributed by atoms with Crippen LogP contribution in [0, 0.1) is 5.92 Å². The molecule has 1 aliphatic heterocycles. The van der Waals surface area contributed by atoms with Gasteiger partial charge in [0, 0.05) is 6.42 Å². The van der Waals surface area contributed by atoms with Gasteiger partial charge in [-0.05, 0) is 56.7 Å². The van der Waals surface area contributed by atoms with Crippen LogP contribution in [0.15, 0.2) is 30.3 Å². The van der Waals surface area contributed by atoms with Crippen molar-refractivity contribution >= 4 is 5.78 Å². The smallest absolute Gasteiger partial charge is 0.149 e. The van der Waals surface area contributed by atoms with E-state index < -0.39 is 0 Å². The highest BCUT2D eigenvalue weighted by Crippen LogP contribution is 2.27. The second-order valence-electron chi connectivity index (χ2n) is 6.40. The molecule has 0 aromatic heterocycles. The monoisotopic (exact) mass is 271 g/mol. The van der Waals surface area contributed by atoms with E-state index in [0.29, 0.717) is 5.78 Å². The van der Waals surface area contributed by atoms with E-state index in [9.17, 15) is 4.79 Å². The lowest BCUT2D eigenvalue weighted by Gasteiger charge is -2.38. The SMILES string of the molecule is O=C1CCCCC1N1CCC(Cc2ccccc2)CC1. The molecule has 0 radical (unpaired) electrons. The van der Waals surface area contributed by atoms with Gasteiger partial charge in [0.15, 0.2) is 0 Å². The van der Waals surface area contributed by atoms with Crippen LogP contribution in [0.5, 0.6) is 0 Å². The Morgan fingerprint density at radius 3 is 2.45 bits per heavy atom. The first-order chi connectivity index (χ1) is 9.83. The first-order valence-corrected chi connectivity index (χ1v) is 8.13. The predicted molar refractivity (Wildman–Crippen MR) is 81.7 cm³/mol. The molecule has 0 amide bonds. The summed E-state index contributed by atoms with van der Waals surface area (Å²) < 4.78 is 0. The molecule has 2 aliphatic rings. The van der Waals surface area contributed by atoms with Crippen LogP contribution in [-0.4, -0.2) is 29.8 Å². The van der Waals surface area contributed by atoms with Crippen molar-refractivity contribution in [3.63, 3.8) is 0 Å². The van der Waals surface area contributed by atoms with Crippen LogP contribution in [0.3, 0.4) is 0 Å². The molecule has 1 atom stereocenters. The number of Topliss-reactive ketones (excluding diaryl/α,β-unsaturated/α-hetero) is 1. The van der Waals surface area contributed by atoms with Crippen molar-refractivity contribution in [2.75, 3.05) is 13.1 Å². The number of benzene rings is 1. The number of nitrogens with zero attached hydrogens (tertiary/aromatic N) is 1. The number of piperidine rings is 1. The second-order valence-corrected chi connectivity index (χ2v) is 6.40. The number of rotatable bonds is 3. The molecule has 2 fully saturated rings. The van der Waals surface area contributed by atoms with Gasteiger partial charge in [0.25, 0.3) is 0 Å². The van der Waals surface area contributed by atoms with Crippen LogP contribution in [0.4, 0.5) is 0 Å². The summed E-state index contributed by atoms with van der Waals surface area (Å²) in [7, 11) is 0. The van der Waals surface area contributed by atoms with E-state index in [4.69, 9.17) is 0 Å². The third-order valence-electron chi connectivity index (χ3n) is 4.98. The molecular formula is C18H25NO. The highest BCUT2D eigenvalue weighted by atomic mass is 16.1. The predicted octanol–water partition coefficient (Wildman–Crippen LogP) is 3.45. The molecule has 20 heavy (non-hydrogen) atoms. The molecule has 2 nitrogen and oxygen atoms in total. The molecule has 1 unspecified atom stereocenters. The minimum atomic E-state index is 0.251. The van der Waals surface area contributed by atoms with Gasteiger partial charge in [-0.2, -0.15) is 0 Å². The maximum Gasteiger partial charge on any atom is 0.149 e. The number of ketones is 1. The summed E-state index contributed by atoms with van der Waals surface area (Å²) in [5, 5.41) is 0. The van der Waals surface area contributed by atoms with Crippen LogP contribution in [0.1, 0.15) is 44.1 Å². The molecular weight excluding hydrogens is 246 g/mol. The summed E-state index contributed by atoms with van der Waals surface area (Å²) in [5.74, 6) is 1.30. The Hall–Kier alpha value is -1.15. The third kappa shape index (κ3) is 3.29. The van der Waals surface area contributed by atoms with E-state index in [1.807, 2.05) is 0 Å². The zero-order valence-corrected chi connectivity index (χ0v) is 12.3. The molecule has 1 aromatic rings. The molecule has 1 saturated carbocycles. The molecule has 1 saturated heterocycles. The lowest BCUT2D eigenvalue weighted by Crippen LogP contribution is -2.47. The van der Waals surface area contributed by atoms with Crippen LogP contribution in [0.25, 0.3) is 0 Å². The maximum atomic E-state index is 12.0. The van der Waals surface area contributed by atoms with Crippen molar-refractivity contribution in [2.45, 2.75) is 51.0 Å². The van der Waals surface area contributed by atoms with Gasteiger partial charge >= 0.3 is 0 Å². The Kier molecular flexibility index (Phi) is 4.51. The van der Waals surface area contributed by atoms with Crippen molar-refractivity contribution in [2.24, 2.45) is 5.92 Å². The minimum absolute atomic E-state index is 0.251. The Balaban J connectivity index is 1.50. The van der Waals surface area contributed by atoms with Crippen LogP contribution >= 0.6 is 0 Å². The van der Waals surface area contributed by atoms with Gasteiger partial charge in [0.05, 0.1) is 6.04 Å². The molecule has 1 heterocycles. The third-order valence-corrected chi connectivity index (χ3v) is 4.98. The van der Waals surface area contributed by atoms with Crippen molar-refractivity contribution in [1.82, 2.24) is 4.90 Å². The number of hydrogen-bond acceptors (Lipinski definition) is 2. The fourth-order valence-corrected chi connectivity index (χ4v) is 3.77. The lowest BCUT2D eigenvalue weighted by atomic mass is 9.87. The minimum Gasteiger partial charge on any atom is -0.298 e. The Bertz CT molecular complexity index is 434. The number of carbonyl (C=O) groups is 1. The van der Waals surface area contributed by atoms with Crippen LogP contribution in [-0.2, 0) is 11.2 Å². The highest BCUT2D eigenvalue weighted by molar-refractivity contribution is 5.84. The second kappa shape index (κ2) is 6.53. The zero-order valence-electron chi connectivity index (χ0n) is 12.3. The number of likely N-dealkylation sites (tertiary alicyclic amines) is 1. The summed E-state index contributed by atoms with van der Waals surface area (Å²) in [6.07, 6.45) is 7.96. The van der Waals surface area contributed by atoms with Gasteiger partial charge < -0.3 is 0 Å². The van der Waals surface area contributed by atoms with E-state index in [0.717, 1.165) is 38.3 Å². The standard InChI is InChI=1S/C18H25NO/c20-18-9-5-4-8-17(18)19-12-10-16(11-13-19)14-15-6-2-1-3-7-15/h1-3,6-7,16-17H,4-5,8-14H2. The normalized spacial score (nSPS) is 25.8. The van der Waals surface area contributed by atoms with Crippen LogP contribution in [0.2, 0.25) is 0 Å². The van der Waals surface area contributed by atoms with Gasteiger partial charge in [0.2, 0.25) is 0 Å². The number of carbonyl (C=O) groups excluding carboxylic acids is 1. The largest absolute Gasteiger partial charge is 0.298 e. The fourth-order valence-electron chi connectivity index (χ4n) is 3.77. The average Bonchev–Trinajstić information content (AvgIpc) is 2.50. The summed E-state index contributed by atoms with van der Waals surface area (Å²) in [6, 6.07) is 11.1. The topological polar surface area (TPSA) is 20.3 Å². The van der Waals surface area contributed by atoms with Crippen molar-refractivity contribution in [1.29, 1.82) is 0 Å². The quantitative estimate of drug-likeness (QED) is 0.839. The highest BCUT2D eigenvalue weighted by Gasteiger charge is 2.30. The molecule has 1 aromatic carbocycles. The fraction of sp³-hybridized carbons (Fsp3) is 0.611. The summed E-state index contributed by atoms with van der Waals surface area (Å²) >= 11 is 0. The maximum absolute atomic E-state index is 12.0. The number of hydrogen-bond donors (Lipinski definition) is 0. The molecule has 1 aliphatic carbocycles. The van der Waals surface area contributed by atoms with Gasteiger partial charge in [0.1, 0.15) is 5.78 Å². The van der Waals surface area contributed by atoms with Crippen molar-refractivity contribution in [3.8, 4) is 0 Å². The van der Waals surface area contributed by atoms with Gasteiger partial charge in [-0.1, -0.05) is 36.8 Å². The van der Waals surface area contributed by atoms with Crippen molar-refractivity contribution in [3.05, 3.63) is 35.9 Å². The van der Waals surface area contributed by atoms with Gasteiger partial charge in [-0.25, -0.2) is 0 Å². The molecule has 3 rings (SSSR count). The Labute approximate surface area is 122 Å². The summed E-state index contributed by atoms with van der Waals surface area (Å²) in [4.78, 5) is 14.5. The van der Waals surface area contributed by atoms with E-state index in [2.05, 4.69) is 35.2 Å². The summed E-state index contributed by atoms with van der Waals surface area (Å²) in [5.41, 5.74) is 1.46. The van der Waals surface area contributed by atoms with Crippen molar-refractivity contribution < 1.29 is 4.79 Å². The lowest BCUT2D eigenvalue weighted by molar-refractivity contribution is -0.126.